The van der Waals surface area contributed by atoms with Crippen molar-refractivity contribution in [1.29, 1.82) is 0 Å². The van der Waals surface area contributed by atoms with Gasteiger partial charge in [0, 0.05) is 29.4 Å². The third-order valence-corrected chi connectivity index (χ3v) is 3.67. The number of nitrogens with zero attached hydrogens (tertiary/aromatic N) is 2. The van der Waals surface area contributed by atoms with Crippen LogP contribution >= 0.6 is 11.3 Å². The molecule has 0 saturated heterocycles. The Labute approximate surface area is 103 Å². The summed E-state index contributed by atoms with van der Waals surface area (Å²) in [6.45, 7) is 1.98. The molecule has 0 radical (unpaired) electrons. The van der Waals surface area contributed by atoms with E-state index in [9.17, 15) is 4.79 Å². The maximum atomic E-state index is 10.9. The minimum atomic E-state index is -0.826. The van der Waals surface area contributed by atoms with E-state index in [2.05, 4.69) is 9.97 Å². The molecule has 1 unspecified atom stereocenters. The molecule has 0 aliphatic rings. The molecule has 2 rings (SSSR count). The van der Waals surface area contributed by atoms with Gasteiger partial charge < -0.3 is 5.11 Å². The SMILES string of the molecule is Cc1ccsc1C(CC(=O)O)c1cnccn1. The van der Waals surface area contributed by atoms with E-state index in [0.717, 1.165) is 10.4 Å². The summed E-state index contributed by atoms with van der Waals surface area (Å²) >= 11 is 1.56. The molecule has 17 heavy (non-hydrogen) atoms. The largest absolute Gasteiger partial charge is 0.481 e. The molecular formula is C12H12N2O2S. The predicted molar refractivity (Wildman–Crippen MR) is 65.2 cm³/mol. The zero-order chi connectivity index (χ0) is 12.3. The highest BCUT2D eigenvalue weighted by atomic mass is 32.1. The van der Waals surface area contributed by atoms with Gasteiger partial charge in [-0.25, -0.2) is 0 Å². The molecule has 4 nitrogen and oxygen atoms in total. The number of aryl methyl sites for hydroxylation is 1. The zero-order valence-electron chi connectivity index (χ0n) is 9.33. The Kier molecular flexibility index (Phi) is 3.49. The lowest BCUT2D eigenvalue weighted by atomic mass is 9.97. The fraction of sp³-hybridized carbons (Fsp3) is 0.250. The highest BCUT2D eigenvalue weighted by molar-refractivity contribution is 7.10. The highest BCUT2D eigenvalue weighted by Crippen LogP contribution is 2.32. The minimum Gasteiger partial charge on any atom is -0.481 e. The molecular weight excluding hydrogens is 236 g/mol. The van der Waals surface area contributed by atoms with Gasteiger partial charge in [0.15, 0.2) is 0 Å². The van der Waals surface area contributed by atoms with E-state index in [4.69, 9.17) is 5.11 Å². The van der Waals surface area contributed by atoms with Crippen molar-refractivity contribution in [2.45, 2.75) is 19.3 Å². The summed E-state index contributed by atoms with van der Waals surface area (Å²) in [5.74, 6) is -1.03. The van der Waals surface area contributed by atoms with Crippen LogP contribution in [-0.2, 0) is 4.79 Å². The standard InChI is InChI=1S/C12H12N2O2S/c1-8-2-5-17-12(8)9(6-11(15)16)10-7-13-3-4-14-10/h2-5,7,9H,6H2,1H3,(H,15,16). The van der Waals surface area contributed by atoms with Gasteiger partial charge in [0.2, 0.25) is 0 Å². The molecule has 5 heteroatoms. The second kappa shape index (κ2) is 5.05. The first-order valence-corrected chi connectivity index (χ1v) is 6.08. The highest BCUT2D eigenvalue weighted by Gasteiger charge is 2.22. The second-order valence-corrected chi connectivity index (χ2v) is 4.70. The average Bonchev–Trinajstić information content (AvgIpc) is 2.73. The van der Waals surface area contributed by atoms with Crippen LogP contribution < -0.4 is 0 Å². The number of rotatable bonds is 4. The average molecular weight is 248 g/mol. The molecule has 0 spiro atoms. The van der Waals surface area contributed by atoms with Crippen LogP contribution in [0.15, 0.2) is 30.0 Å². The van der Waals surface area contributed by atoms with Gasteiger partial charge in [-0.05, 0) is 23.9 Å². The number of carboxylic acid groups (broad SMARTS) is 1. The van der Waals surface area contributed by atoms with Crippen LogP contribution in [0.3, 0.4) is 0 Å². The maximum Gasteiger partial charge on any atom is 0.304 e. The van der Waals surface area contributed by atoms with Crippen molar-refractivity contribution < 1.29 is 9.90 Å². The van der Waals surface area contributed by atoms with E-state index in [1.807, 2.05) is 18.4 Å². The van der Waals surface area contributed by atoms with Crippen molar-refractivity contribution in [3.8, 4) is 0 Å². The van der Waals surface area contributed by atoms with Gasteiger partial charge in [0.05, 0.1) is 12.1 Å². The summed E-state index contributed by atoms with van der Waals surface area (Å²) < 4.78 is 0. The Morgan fingerprint density at radius 1 is 1.53 bits per heavy atom. The van der Waals surface area contributed by atoms with Crippen molar-refractivity contribution in [3.05, 3.63) is 46.2 Å². The third-order valence-electron chi connectivity index (χ3n) is 2.54. The monoisotopic (exact) mass is 248 g/mol. The lowest BCUT2D eigenvalue weighted by molar-refractivity contribution is -0.137. The Hall–Kier alpha value is -1.75. The fourth-order valence-electron chi connectivity index (χ4n) is 1.74. The number of carbonyl (C=O) groups is 1. The summed E-state index contributed by atoms with van der Waals surface area (Å²) in [4.78, 5) is 20.2. The van der Waals surface area contributed by atoms with Crippen molar-refractivity contribution >= 4 is 17.3 Å². The third kappa shape index (κ3) is 2.68. The van der Waals surface area contributed by atoms with Crippen LogP contribution in [0.2, 0.25) is 0 Å². The quantitative estimate of drug-likeness (QED) is 0.902. The van der Waals surface area contributed by atoms with Gasteiger partial charge in [0.25, 0.3) is 0 Å². The topological polar surface area (TPSA) is 63.1 Å². The summed E-state index contributed by atoms with van der Waals surface area (Å²) in [5, 5.41) is 11.0. The Morgan fingerprint density at radius 3 is 2.88 bits per heavy atom. The maximum absolute atomic E-state index is 10.9. The lowest BCUT2D eigenvalue weighted by Gasteiger charge is -2.13. The molecule has 2 aromatic rings. The smallest absolute Gasteiger partial charge is 0.304 e. The molecule has 1 atom stereocenters. The number of hydrogen-bond donors (Lipinski definition) is 1. The van der Waals surface area contributed by atoms with Gasteiger partial charge in [-0.15, -0.1) is 11.3 Å². The van der Waals surface area contributed by atoms with Gasteiger partial charge in [-0.2, -0.15) is 0 Å². The van der Waals surface area contributed by atoms with Crippen LogP contribution in [0.25, 0.3) is 0 Å². The first-order chi connectivity index (χ1) is 8.18. The first kappa shape index (κ1) is 11.7. The molecule has 2 heterocycles. The van der Waals surface area contributed by atoms with Crippen LogP contribution in [0.4, 0.5) is 0 Å². The number of hydrogen-bond acceptors (Lipinski definition) is 4. The van der Waals surface area contributed by atoms with Crippen LogP contribution in [0, 0.1) is 6.92 Å². The molecule has 0 aromatic carbocycles. The molecule has 1 N–H and O–H groups in total. The lowest BCUT2D eigenvalue weighted by Crippen LogP contribution is -2.09. The van der Waals surface area contributed by atoms with E-state index in [0.29, 0.717) is 5.69 Å². The summed E-state index contributed by atoms with van der Waals surface area (Å²) in [7, 11) is 0. The molecule has 0 bridgehead atoms. The molecule has 88 valence electrons. The van der Waals surface area contributed by atoms with E-state index in [-0.39, 0.29) is 12.3 Å². The van der Waals surface area contributed by atoms with Gasteiger partial charge in [0.1, 0.15) is 0 Å². The fourth-order valence-corrected chi connectivity index (χ4v) is 2.78. The Balaban J connectivity index is 2.39. The molecule has 0 saturated carbocycles. The second-order valence-electron chi connectivity index (χ2n) is 3.75. The number of thiophene rings is 1. The predicted octanol–water partition coefficient (Wildman–Crippen LogP) is 2.45. The molecule has 0 aliphatic heterocycles. The van der Waals surface area contributed by atoms with Crippen molar-refractivity contribution in [1.82, 2.24) is 9.97 Å². The van der Waals surface area contributed by atoms with E-state index in [1.165, 1.54) is 0 Å². The van der Waals surface area contributed by atoms with Gasteiger partial charge >= 0.3 is 5.97 Å². The van der Waals surface area contributed by atoms with E-state index in [1.54, 1.807) is 29.9 Å². The molecule has 0 aliphatic carbocycles. The van der Waals surface area contributed by atoms with Crippen molar-refractivity contribution in [2.75, 3.05) is 0 Å². The van der Waals surface area contributed by atoms with Crippen LogP contribution in [0.1, 0.15) is 28.5 Å². The van der Waals surface area contributed by atoms with Crippen molar-refractivity contribution in [2.24, 2.45) is 0 Å². The van der Waals surface area contributed by atoms with Gasteiger partial charge in [-0.1, -0.05) is 0 Å². The number of aromatic nitrogens is 2. The normalized spacial score (nSPS) is 12.3. The summed E-state index contributed by atoms with van der Waals surface area (Å²) in [6.07, 6.45) is 4.85. The molecule has 0 amide bonds. The number of aliphatic carboxylic acids is 1. The number of carboxylic acids is 1. The molecule has 2 aromatic heterocycles. The summed E-state index contributed by atoms with van der Waals surface area (Å²) in [5.41, 5.74) is 1.81. The van der Waals surface area contributed by atoms with E-state index >= 15 is 0 Å². The van der Waals surface area contributed by atoms with Crippen molar-refractivity contribution in [3.63, 3.8) is 0 Å². The Bertz CT molecular complexity index is 510. The van der Waals surface area contributed by atoms with Gasteiger partial charge in [-0.3, -0.25) is 14.8 Å². The zero-order valence-corrected chi connectivity index (χ0v) is 10.1. The van der Waals surface area contributed by atoms with Crippen LogP contribution in [0.5, 0.6) is 0 Å². The minimum absolute atomic E-state index is 0.0417. The Morgan fingerprint density at radius 2 is 2.35 bits per heavy atom. The van der Waals surface area contributed by atoms with E-state index < -0.39 is 5.97 Å². The first-order valence-electron chi connectivity index (χ1n) is 5.20. The van der Waals surface area contributed by atoms with Crippen LogP contribution in [-0.4, -0.2) is 21.0 Å². The summed E-state index contributed by atoms with van der Waals surface area (Å²) in [6, 6.07) is 1.99. The molecule has 0 fully saturated rings.